The second-order valence-corrected chi connectivity index (χ2v) is 7.32. The molecular weight excluding hydrogens is 332 g/mol. The first kappa shape index (κ1) is 15.8. The number of hydrogen-bond acceptors (Lipinski definition) is 5. The predicted molar refractivity (Wildman–Crippen MR) is 102 cm³/mol. The number of hydrogen-bond donors (Lipinski definition) is 1. The zero-order chi connectivity index (χ0) is 17.4. The highest BCUT2D eigenvalue weighted by molar-refractivity contribution is 7.18. The Morgan fingerprint density at radius 3 is 2.88 bits per heavy atom. The number of fused-ring (bicyclic) bond motifs is 2. The first-order chi connectivity index (χ1) is 12.1. The Balaban J connectivity index is 1.58. The molecule has 0 saturated carbocycles. The van der Waals surface area contributed by atoms with Crippen LogP contribution in [0.1, 0.15) is 30.5 Å². The standard InChI is InChI=1S/C19H18N4OS/c1-12(2)19-22-15-7-6-13(9-16(15)25-19)20-11-14-10-18(24)23-8-4-3-5-17(23)21-14/h3-10,12,20H,11H2,1-2H3. The molecule has 0 amide bonds. The molecule has 0 fully saturated rings. The van der Waals surface area contributed by atoms with Gasteiger partial charge in [-0.3, -0.25) is 9.20 Å². The summed E-state index contributed by atoms with van der Waals surface area (Å²) in [4.78, 5) is 21.3. The van der Waals surface area contributed by atoms with Crippen LogP contribution in [0.3, 0.4) is 0 Å². The van der Waals surface area contributed by atoms with Crippen molar-refractivity contribution in [2.45, 2.75) is 26.3 Å². The van der Waals surface area contributed by atoms with Crippen molar-refractivity contribution in [1.82, 2.24) is 14.4 Å². The van der Waals surface area contributed by atoms with Crippen LogP contribution in [0.25, 0.3) is 15.9 Å². The van der Waals surface area contributed by atoms with E-state index in [-0.39, 0.29) is 5.56 Å². The quantitative estimate of drug-likeness (QED) is 0.603. The van der Waals surface area contributed by atoms with Crippen molar-refractivity contribution in [3.8, 4) is 0 Å². The lowest BCUT2D eigenvalue weighted by Crippen LogP contribution is -2.16. The van der Waals surface area contributed by atoms with Crippen LogP contribution < -0.4 is 10.9 Å². The Kier molecular flexibility index (Phi) is 3.97. The molecule has 3 aromatic heterocycles. The van der Waals surface area contributed by atoms with Gasteiger partial charge in [0.1, 0.15) is 5.65 Å². The fourth-order valence-corrected chi connectivity index (χ4v) is 3.69. The predicted octanol–water partition coefficient (Wildman–Crippen LogP) is 4.04. The van der Waals surface area contributed by atoms with Crippen molar-refractivity contribution in [2.24, 2.45) is 0 Å². The summed E-state index contributed by atoms with van der Waals surface area (Å²) in [6.45, 7) is 4.81. The molecule has 4 aromatic rings. The molecule has 0 aliphatic heterocycles. The molecule has 0 spiro atoms. The third-order valence-electron chi connectivity index (χ3n) is 4.00. The van der Waals surface area contributed by atoms with Crippen molar-refractivity contribution in [1.29, 1.82) is 0 Å². The van der Waals surface area contributed by atoms with E-state index in [9.17, 15) is 4.79 Å². The van der Waals surface area contributed by atoms with Gasteiger partial charge in [0.25, 0.3) is 5.56 Å². The van der Waals surface area contributed by atoms with Gasteiger partial charge >= 0.3 is 0 Å². The van der Waals surface area contributed by atoms with E-state index in [1.165, 1.54) is 4.70 Å². The van der Waals surface area contributed by atoms with Gasteiger partial charge in [-0.1, -0.05) is 19.9 Å². The molecule has 0 aliphatic rings. The number of nitrogens with one attached hydrogen (secondary N) is 1. The third kappa shape index (κ3) is 3.13. The van der Waals surface area contributed by atoms with Gasteiger partial charge in [0.05, 0.1) is 27.5 Å². The molecule has 3 heterocycles. The Bertz CT molecular complexity index is 1110. The zero-order valence-corrected chi connectivity index (χ0v) is 14.9. The second-order valence-electron chi connectivity index (χ2n) is 6.26. The highest BCUT2D eigenvalue weighted by Crippen LogP contribution is 2.29. The van der Waals surface area contributed by atoms with E-state index in [0.717, 1.165) is 21.9 Å². The largest absolute Gasteiger partial charge is 0.379 e. The minimum absolute atomic E-state index is 0.0677. The van der Waals surface area contributed by atoms with Crippen LogP contribution in [0.4, 0.5) is 5.69 Å². The number of benzene rings is 1. The molecule has 5 nitrogen and oxygen atoms in total. The topological polar surface area (TPSA) is 59.3 Å². The molecule has 0 bridgehead atoms. The minimum Gasteiger partial charge on any atom is -0.379 e. The summed E-state index contributed by atoms with van der Waals surface area (Å²) in [5.74, 6) is 0.434. The molecule has 0 atom stereocenters. The van der Waals surface area contributed by atoms with Crippen molar-refractivity contribution in [3.63, 3.8) is 0 Å². The van der Waals surface area contributed by atoms with Crippen molar-refractivity contribution in [3.05, 3.63) is 69.7 Å². The molecule has 4 rings (SSSR count). The maximum absolute atomic E-state index is 12.1. The highest BCUT2D eigenvalue weighted by Gasteiger charge is 2.08. The number of nitrogens with zero attached hydrogens (tertiary/aromatic N) is 3. The van der Waals surface area contributed by atoms with Crippen LogP contribution in [0.15, 0.2) is 53.5 Å². The Hall–Kier alpha value is -2.73. The van der Waals surface area contributed by atoms with E-state index in [1.807, 2.05) is 30.3 Å². The van der Waals surface area contributed by atoms with E-state index in [2.05, 4.69) is 35.2 Å². The summed E-state index contributed by atoms with van der Waals surface area (Å²) in [5, 5.41) is 4.50. The van der Waals surface area contributed by atoms with Gasteiger partial charge in [-0.15, -0.1) is 11.3 Å². The normalized spacial score (nSPS) is 11.5. The number of pyridine rings is 1. The first-order valence-corrected chi connectivity index (χ1v) is 9.03. The summed E-state index contributed by atoms with van der Waals surface area (Å²) >= 11 is 1.73. The van der Waals surface area contributed by atoms with Crippen LogP contribution in [0, 0.1) is 0 Å². The van der Waals surface area contributed by atoms with E-state index >= 15 is 0 Å². The summed E-state index contributed by atoms with van der Waals surface area (Å²) in [6.07, 6.45) is 1.73. The maximum Gasteiger partial charge on any atom is 0.258 e. The summed E-state index contributed by atoms with van der Waals surface area (Å²) in [7, 11) is 0. The lowest BCUT2D eigenvalue weighted by atomic mass is 10.2. The van der Waals surface area contributed by atoms with Crippen LogP contribution in [-0.4, -0.2) is 14.4 Å². The number of anilines is 1. The van der Waals surface area contributed by atoms with Crippen molar-refractivity contribution in [2.75, 3.05) is 5.32 Å². The Morgan fingerprint density at radius 1 is 1.16 bits per heavy atom. The second kappa shape index (κ2) is 6.29. The zero-order valence-electron chi connectivity index (χ0n) is 14.1. The van der Waals surface area contributed by atoms with Gasteiger partial charge in [-0.2, -0.15) is 0 Å². The smallest absolute Gasteiger partial charge is 0.258 e. The molecule has 1 aromatic carbocycles. The SMILES string of the molecule is CC(C)c1nc2ccc(NCc3cc(=O)n4ccccc4n3)cc2s1. The van der Waals surface area contributed by atoms with Gasteiger partial charge in [0.2, 0.25) is 0 Å². The van der Waals surface area contributed by atoms with E-state index < -0.39 is 0 Å². The molecule has 6 heteroatoms. The third-order valence-corrected chi connectivity index (χ3v) is 5.32. The average Bonchev–Trinajstić information content (AvgIpc) is 3.04. The fourth-order valence-electron chi connectivity index (χ4n) is 2.69. The van der Waals surface area contributed by atoms with Crippen LogP contribution in [0.5, 0.6) is 0 Å². The molecule has 0 aliphatic carbocycles. The minimum atomic E-state index is -0.0677. The van der Waals surface area contributed by atoms with Gasteiger partial charge in [0, 0.05) is 23.9 Å². The summed E-state index contributed by atoms with van der Waals surface area (Å²) < 4.78 is 2.71. The molecule has 1 N–H and O–H groups in total. The summed E-state index contributed by atoms with van der Waals surface area (Å²) in [6, 6.07) is 13.3. The number of rotatable bonds is 4. The summed E-state index contributed by atoms with van der Waals surface area (Å²) in [5.41, 5.74) is 3.35. The first-order valence-electron chi connectivity index (χ1n) is 8.22. The maximum atomic E-state index is 12.1. The molecule has 126 valence electrons. The number of aromatic nitrogens is 3. The highest BCUT2D eigenvalue weighted by atomic mass is 32.1. The molecular formula is C19H18N4OS. The van der Waals surface area contributed by atoms with Gasteiger partial charge in [-0.05, 0) is 30.3 Å². The van der Waals surface area contributed by atoms with Crippen molar-refractivity contribution >= 4 is 32.9 Å². The van der Waals surface area contributed by atoms with Crippen LogP contribution >= 0.6 is 11.3 Å². The monoisotopic (exact) mass is 350 g/mol. The average molecular weight is 350 g/mol. The van der Waals surface area contributed by atoms with Crippen LogP contribution in [-0.2, 0) is 6.54 Å². The van der Waals surface area contributed by atoms with Gasteiger partial charge < -0.3 is 5.32 Å². The molecule has 0 unspecified atom stereocenters. The van der Waals surface area contributed by atoms with Gasteiger partial charge in [0.15, 0.2) is 0 Å². The van der Waals surface area contributed by atoms with Gasteiger partial charge in [-0.25, -0.2) is 9.97 Å². The molecule has 0 radical (unpaired) electrons. The Labute approximate surface area is 149 Å². The number of thiazole rings is 1. The molecule has 0 saturated heterocycles. The Morgan fingerprint density at radius 2 is 2.04 bits per heavy atom. The van der Waals surface area contributed by atoms with E-state index in [4.69, 9.17) is 0 Å². The van der Waals surface area contributed by atoms with E-state index in [0.29, 0.717) is 18.1 Å². The fraction of sp³-hybridized carbons (Fsp3) is 0.211. The lowest BCUT2D eigenvalue weighted by molar-refractivity contribution is 0.857. The van der Waals surface area contributed by atoms with Crippen LogP contribution in [0.2, 0.25) is 0 Å². The van der Waals surface area contributed by atoms with Crippen molar-refractivity contribution < 1.29 is 0 Å². The van der Waals surface area contributed by atoms with E-state index in [1.54, 1.807) is 28.0 Å². The lowest BCUT2D eigenvalue weighted by Gasteiger charge is -2.07. The molecule has 25 heavy (non-hydrogen) atoms.